The maximum atomic E-state index is 10.2. The molecule has 0 saturated carbocycles. The lowest BCUT2D eigenvalue weighted by atomic mass is 9.94. The predicted molar refractivity (Wildman–Crippen MR) is 117 cm³/mol. The fraction of sp³-hybridized carbons (Fsp3) is 0.125. The molecule has 0 spiro atoms. The van der Waals surface area contributed by atoms with E-state index in [0.29, 0.717) is 11.1 Å². The Labute approximate surface area is 188 Å². The number of rotatable bonds is 3. The molecule has 1 heterocycles. The number of fused-ring (bicyclic) bond motifs is 1. The third kappa shape index (κ3) is 5.86. The molecule has 0 bridgehead atoms. The van der Waals surface area contributed by atoms with Crippen LogP contribution in [0.4, 0.5) is 0 Å². The van der Waals surface area contributed by atoms with Gasteiger partial charge in [0.25, 0.3) is 0 Å². The van der Waals surface area contributed by atoms with E-state index < -0.39 is 18.2 Å². The summed E-state index contributed by atoms with van der Waals surface area (Å²) in [5, 5.41) is 65.5. The summed E-state index contributed by atoms with van der Waals surface area (Å²) in [5.74, 6) is -1.40. The number of aliphatic hydroxyl groups is 1. The van der Waals surface area contributed by atoms with Crippen LogP contribution in [-0.2, 0) is 11.2 Å². The maximum Gasteiger partial charge on any atom is 0.328 e. The fourth-order valence-electron chi connectivity index (χ4n) is 3.22. The Morgan fingerprint density at radius 2 is 1.55 bits per heavy atom. The van der Waals surface area contributed by atoms with Gasteiger partial charge in [0.15, 0.2) is 11.5 Å². The Kier molecular flexibility index (Phi) is 6.94. The monoisotopic (exact) mass is 454 g/mol. The first-order chi connectivity index (χ1) is 15.6. The zero-order valence-electron chi connectivity index (χ0n) is 17.2. The van der Waals surface area contributed by atoms with Crippen molar-refractivity contribution in [3.05, 3.63) is 77.4 Å². The number of aliphatic carboxylic acids is 1. The van der Waals surface area contributed by atoms with Crippen molar-refractivity contribution in [3.63, 3.8) is 0 Å². The summed E-state index contributed by atoms with van der Waals surface area (Å²) < 4.78 is 5.62. The van der Waals surface area contributed by atoms with Crippen LogP contribution in [0.25, 0.3) is 6.08 Å². The minimum absolute atomic E-state index is 0.143. The summed E-state index contributed by atoms with van der Waals surface area (Å²) in [4.78, 5) is 10.1. The number of benzene rings is 3. The molecule has 0 aromatic heterocycles. The number of phenols is 5. The van der Waals surface area contributed by atoms with Crippen molar-refractivity contribution >= 4 is 12.0 Å². The van der Waals surface area contributed by atoms with E-state index in [1.54, 1.807) is 12.1 Å². The van der Waals surface area contributed by atoms with Gasteiger partial charge in [-0.15, -0.1) is 0 Å². The molecule has 4 rings (SSSR count). The highest BCUT2D eigenvalue weighted by Crippen LogP contribution is 2.42. The highest BCUT2D eigenvalue weighted by atomic mass is 16.5. The molecule has 33 heavy (non-hydrogen) atoms. The molecule has 1 aliphatic rings. The minimum Gasteiger partial charge on any atom is -0.508 e. The van der Waals surface area contributed by atoms with Gasteiger partial charge in [-0.2, -0.15) is 0 Å². The number of carbonyl (C=O) groups is 1. The molecule has 7 N–H and O–H groups in total. The van der Waals surface area contributed by atoms with Crippen molar-refractivity contribution in [1.82, 2.24) is 0 Å². The summed E-state index contributed by atoms with van der Waals surface area (Å²) >= 11 is 0. The zero-order chi connectivity index (χ0) is 24.1. The summed E-state index contributed by atoms with van der Waals surface area (Å²) in [7, 11) is 0. The highest BCUT2D eigenvalue weighted by molar-refractivity contribution is 5.85. The van der Waals surface area contributed by atoms with Crippen LogP contribution in [0.15, 0.2) is 60.7 Å². The number of carboxylic acid groups (broad SMARTS) is 1. The van der Waals surface area contributed by atoms with Gasteiger partial charge in [0.2, 0.25) is 0 Å². The van der Waals surface area contributed by atoms with E-state index in [9.17, 15) is 30.3 Å². The van der Waals surface area contributed by atoms with Gasteiger partial charge in [0.1, 0.15) is 29.1 Å². The first-order valence-corrected chi connectivity index (χ1v) is 9.75. The van der Waals surface area contributed by atoms with Gasteiger partial charge >= 0.3 is 5.97 Å². The minimum atomic E-state index is -0.983. The molecule has 0 saturated heterocycles. The lowest BCUT2D eigenvalue weighted by molar-refractivity contribution is -0.131. The first kappa shape index (κ1) is 23.3. The van der Waals surface area contributed by atoms with Gasteiger partial charge in [0, 0.05) is 30.2 Å². The average Bonchev–Trinajstić information content (AvgIpc) is 2.76. The smallest absolute Gasteiger partial charge is 0.328 e. The number of hydrogen-bond acceptors (Lipinski definition) is 8. The number of aromatic hydroxyl groups is 5. The van der Waals surface area contributed by atoms with Crippen LogP contribution in [0.1, 0.15) is 22.8 Å². The summed E-state index contributed by atoms with van der Waals surface area (Å²) in [6, 6.07) is 12.9. The lowest BCUT2D eigenvalue weighted by Gasteiger charge is -2.31. The molecule has 9 nitrogen and oxygen atoms in total. The number of aliphatic hydroxyl groups excluding tert-OH is 1. The van der Waals surface area contributed by atoms with Crippen molar-refractivity contribution < 1.29 is 45.3 Å². The van der Waals surface area contributed by atoms with Crippen molar-refractivity contribution in [3.8, 4) is 34.5 Å². The Morgan fingerprint density at radius 3 is 2.18 bits per heavy atom. The summed E-state index contributed by atoms with van der Waals surface area (Å²) in [6.45, 7) is 0. The molecule has 0 fully saturated rings. The van der Waals surface area contributed by atoms with Crippen LogP contribution in [0, 0.1) is 0 Å². The van der Waals surface area contributed by atoms with Crippen molar-refractivity contribution in [1.29, 1.82) is 0 Å². The molecule has 0 unspecified atom stereocenters. The molecule has 3 aromatic rings. The Balaban J connectivity index is 0.000000218. The highest BCUT2D eigenvalue weighted by Gasteiger charge is 2.32. The molecule has 172 valence electrons. The number of carboxylic acids is 1. The molecular formula is C24H22O9. The zero-order valence-corrected chi connectivity index (χ0v) is 17.2. The van der Waals surface area contributed by atoms with Crippen LogP contribution in [0.2, 0.25) is 0 Å². The number of ether oxygens (including phenoxy) is 1. The van der Waals surface area contributed by atoms with Crippen LogP contribution in [-0.4, -0.2) is 47.8 Å². The topological polar surface area (TPSA) is 168 Å². The van der Waals surface area contributed by atoms with Crippen LogP contribution in [0.5, 0.6) is 34.5 Å². The molecule has 0 aliphatic carbocycles. The van der Waals surface area contributed by atoms with Crippen LogP contribution in [0.3, 0.4) is 0 Å². The van der Waals surface area contributed by atoms with Crippen LogP contribution < -0.4 is 4.74 Å². The molecule has 0 amide bonds. The van der Waals surface area contributed by atoms with Gasteiger partial charge in [-0.25, -0.2) is 4.79 Å². The number of phenolic OH excluding ortho intramolecular Hbond substituents is 5. The third-order valence-corrected chi connectivity index (χ3v) is 4.83. The van der Waals surface area contributed by atoms with Crippen molar-refractivity contribution in [2.24, 2.45) is 0 Å². The van der Waals surface area contributed by atoms with E-state index in [2.05, 4.69) is 0 Å². The Bertz CT molecular complexity index is 1170. The fourth-order valence-corrected chi connectivity index (χ4v) is 3.22. The van der Waals surface area contributed by atoms with Crippen molar-refractivity contribution in [2.75, 3.05) is 0 Å². The lowest BCUT2D eigenvalue weighted by Crippen LogP contribution is -2.30. The second kappa shape index (κ2) is 9.84. The van der Waals surface area contributed by atoms with Gasteiger partial charge in [-0.1, -0.05) is 18.2 Å². The summed E-state index contributed by atoms with van der Waals surface area (Å²) in [6.07, 6.45) is 0.948. The molecule has 3 aromatic carbocycles. The largest absolute Gasteiger partial charge is 0.508 e. The van der Waals surface area contributed by atoms with Gasteiger partial charge in [0.05, 0.1) is 6.10 Å². The molecule has 0 radical (unpaired) electrons. The van der Waals surface area contributed by atoms with Gasteiger partial charge in [-0.3, -0.25) is 0 Å². The quantitative estimate of drug-likeness (QED) is 0.232. The van der Waals surface area contributed by atoms with E-state index in [1.165, 1.54) is 48.5 Å². The Hall–Kier alpha value is -4.37. The maximum absolute atomic E-state index is 10.2. The van der Waals surface area contributed by atoms with E-state index in [0.717, 1.165) is 11.6 Å². The molecule has 2 atom stereocenters. The molecule has 9 heteroatoms. The molecule has 1 aliphatic heterocycles. The van der Waals surface area contributed by atoms with Gasteiger partial charge in [-0.05, 0) is 41.5 Å². The SMILES string of the molecule is O=C(O)/C=C/c1ccc(O)cc1.Oc1cc(O)c2c(c1)O[C@H](c1ccc(O)c(O)c1)[C@@H](O)C2. The first-order valence-electron chi connectivity index (χ1n) is 9.75. The normalized spacial score (nSPS) is 16.9. The van der Waals surface area contributed by atoms with E-state index in [1.807, 2.05) is 0 Å². The third-order valence-electron chi connectivity index (χ3n) is 4.83. The second-order valence-corrected chi connectivity index (χ2v) is 7.26. The molecular weight excluding hydrogens is 432 g/mol. The summed E-state index contributed by atoms with van der Waals surface area (Å²) in [5.41, 5.74) is 1.64. The number of hydrogen-bond donors (Lipinski definition) is 7. The van der Waals surface area contributed by atoms with Gasteiger partial charge < -0.3 is 40.5 Å². The predicted octanol–water partition coefficient (Wildman–Crippen LogP) is 3.04. The van der Waals surface area contributed by atoms with E-state index in [-0.39, 0.29) is 40.9 Å². The standard InChI is InChI=1S/C15H14O6.C9H8O3/c16-8-4-11(18)9-6-13(20)15(21-14(9)5-8)7-1-2-10(17)12(19)3-7;10-8-4-1-7(2-5-8)3-6-9(11)12/h1-5,13,15-20H,6H2;1-6,10H,(H,11,12)/b;6-3+/t13-,15+;/m0./s1. The second-order valence-electron chi connectivity index (χ2n) is 7.26. The van der Waals surface area contributed by atoms with E-state index >= 15 is 0 Å². The van der Waals surface area contributed by atoms with E-state index in [4.69, 9.17) is 14.9 Å². The average molecular weight is 454 g/mol. The Morgan fingerprint density at radius 1 is 0.848 bits per heavy atom. The van der Waals surface area contributed by atoms with Crippen LogP contribution >= 0.6 is 0 Å². The van der Waals surface area contributed by atoms with Crippen molar-refractivity contribution in [2.45, 2.75) is 18.6 Å².